The molecule has 0 saturated heterocycles. The molecule has 6 heteroatoms. The first-order valence-corrected chi connectivity index (χ1v) is 8.50. The van der Waals surface area contributed by atoms with Crippen LogP contribution in [0.5, 0.6) is 11.5 Å². The zero-order chi connectivity index (χ0) is 15.6. The maximum atomic E-state index is 11.5. The van der Waals surface area contributed by atoms with Gasteiger partial charge in [0.05, 0.1) is 16.0 Å². The second-order valence-electron chi connectivity index (χ2n) is 4.71. The SMILES string of the molecule is C[C@@H](O)c1ccc(Oc2cccc(S(C)(=O)=O)c2)c(Cl)c1. The van der Waals surface area contributed by atoms with E-state index in [4.69, 9.17) is 16.3 Å². The number of aliphatic hydroxyl groups excluding tert-OH is 1. The molecule has 0 aliphatic heterocycles. The molecular formula is C15H15ClO4S. The van der Waals surface area contributed by atoms with Crippen molar-refractivity contribution in [2.75, 3.05) is 6.26 Å². The lowest BCUT2D eigenvalue weighted by atomic mass is 10.1. The third kappa shape index (κ3) is 3.97. The van der Waals surface area contributed by atoms with E-state index in [1.807, 2.05) is 0 Å². The molecule has 4 nitrogen and oxygen atoms in total. The zero-order valence-corrected chi connectivity index (χ0v) is 13.1. The Bertz CT molecular complexity index is 754. The lowest BCUT2D eigenvalue weighted by Crippen LogP contribution is -1.97. The number of sulfone groups is 1. The Kier molecular flexibility index (Phi) is 4.56. The molecule has 0 aromatic heterocycles. The number of ether oxygens (including phenoxy) is 1. The molecule has 0 heterocycles. The molecule has 0 bridgehead atoms. The molecule has 21 heavy (non-hydrogen) atoms. The number of aliphatic hydroxyl groups is 1. The predicted octanol–water partition coefficient (Wildman–Crippen LogP) is 3.59. The lowest BCUT2D eigenvalue weighted by molar-refractivity contribution is 0.199. The second kappa shape index (κ2) is 6.05. The normalized spacial score (nSPS) is 13.0. The molecule has 112 valence electrons. The van der Waals surface area contributed by atoms with Crippen LogP contribution in [0, 0.1) is 0 Å². The Hall–Kier alpha value is -1.56. The van der Waals surface area contributed by atoms with Crippen LogP contribution in [0.4, 0.5) is 0 Å². The average molecular weight is 327 g/mol. The molecule has 2 rings (SSSR count). The van der Waals surface area contributed by atoms with Gasteiger partial charge in [0.25, 0.3) is 0 Å². The van der Waals surface area contributed by atoms with Crippen molar-refractivity contribution >= 4 is 21.4 Å². The monoisotopic (exact) mass is 326 g/mol. The van der Waals surface area contributed by atoms with Gasteiger partial charge in [0.2, 0.25) is 0 Å². The Balaban J connectivity index is 2.31. The van der Waals surface area contributed by atoms with Crippen molar-refractivity contribution < 1.29 is 18.3 Å². The molecule has 0 saturated carbocycles. The van der Waals surface area contributed by atoms with Crippen molar-refractivity contribution in [3.8, 4) is 11.5 Å². The van der Waals surface area contributed by atoms with Gasteiger partial charge in [-0.25, -0.2) is 8.42 Å². The van der Waals surface area contributed by atoms with Gasteiger partial charge in [0.15, 0.2) is 9.84 Å². The van der Waals surface area contributed by atoms with Crippen molar-refractivity contribution in [1.82, 2.24) is 0 Å². The van der Waals surface area contributed by atoms with Gasteiger partial charge >= 0.3 is 0 Å². The van der Waals surface area contributed by atoms with E-state index in [2.05, 4.69) is 0 Å². The summed E-state index contributed by atoms with van der Waals surface area (Å²) in [4.78, 5) is 0.178. The van der Waals surface area contributed by atoms with Crippen LogP contribution in [-0.2, 0) is 9.84 Å². The largest absolute Gasteiger partial charge is 0.456 e. The van der Waals surface area contributed by atoms with Gasteiger partial charge in [0, 0.05) is 6.26 Å². The predicted molar refractivity (Wildman–Crippen MR) is 81.7 cm³/mol. The lowest BCUT2D eigenvalue weighted by Gasteiger charge is -2.11. The first-order chi connectivity index (χ1) is 9.77. The summed E-state index contributed by atoms with van der Waals surface area (Å²) in [6.45, 7) is 1.64. The first-order valence-electron chi connectivity index (χ1n) is 6.23. The number of halogens is 1. The molecule has 2 aromatic carbocycles. The molecule has 2 aromatic rings. The first kappa shape index (κ1) is 15.8. The van der Waals surface area contributed by atoms with Gasteiger partial charge in [-0.2, -0.15) is 0 Å². The Labute approximate surface area is 128 Å². The quantitative estimate of drug-likeness (QED) is 0.932. The standard InChI is InChI=1S/C15H15ClO4S/c1-10(17)11-6-7-15(14(16)8-11)20-12-4-3-5-13(9-12)21(2,18)19/h3-10,17H,1-2H3/t10-/m1/s1. The highest BCUT2D eigenvalue weighted by molar-refractivity contribution is 7.90. The molecule has 1 atom stereocenters. The van der Waals surface area contributed by atoms with E-state index < -0.39 is 15.9 Å². The van der Waals surface area contributed by atoms with E-state index in [0.29, 0.717) is 22.1 Å². The van der Waals surface area contributed by atoms with E-state index in [0.717, 1.165) is 6.26 Å². The highest BCUT2D eigenvalue weighted by Crippen LogP contribution is 2.32. The highest BCUT2D eigenvalue weighted by Gasteiger charge is 2.10. The summed E-state index contributed by atoms with van der Waals surface area (Å²) >= 11 is 6.10. The van der Waals surface area contributed by atoms with Crippen molar-refractivity contribution in [2.24, 2.45) is 0 Å². The van der Waals surface area contributed by atoms with Crippen molar-refractivity contribution in [2.45, 2.75) is 17.9 Å². The van der Waals surface area contributed by atoms with Gasteiger partial charge in [-0.15, -0.1) is 0 Å². The van der Waals surface area contributed by atoms with Crippen LogP contribution in [0.2, 0.25) is 5.02 Å². The third-order valence-corrected chi connectivity index (χ3v) is 4.31. The minimum absolute atomic E-state index is 0.178. The minimum Gasteiger partial charge on any atom is -0.456 e. The summed E-state index contributed by atoms with van der Waals surface area (Å²) in [5.41, 5.74) is 0.678. The van der Waals surface area contributed by atoms with Crippen molar-refractivity contribution in [3.05, 3.63) is 53.1 Å². The van der Waals surface area contributed by atoms with Gasteiger partial charge in [-0.3, -0.25) is 0 Å². The molecule has 0 aliphatic carbocycles. The molecule has 0 aliphatic rings. The highest BCUT2D eigenvalue weighted by atomic mass is 35.5. The Morgan fingerprint density at radius 3 is 2.48 bits per heavy atom. The average Bonchev–Trinajstić information content (AvgIpc) is 2.40. The molecule has 0 radical (unpaired) electrons. The van der Waals surface area contributed by atoms with Crippen molar-refractivity contribution in [3.63, 3.8) is 0 Å². The number of hydrogen-bond donors (Lipinski definition) is 1. The molecule has 0 fully saturated rings. The minimum atomic E-state index is -3.29. The van der Waals surface area contributed by atoms with Crippen LogP contribution in [0.25, 0.3) is 0 Å². The molecule has 0 spiro atoms. The van der Waals surface area contributed by atoms with E-state index in [-0.39, 0.29) is 4.90 Å². The van der Waals surface area contributed by atoms with Gasteiger partial charge in [-0.1, -0.05) is 23.7 Å². The van der Waals surface area contributed by atoms with Gasteiger partial charge in [0.1, 0.15) is 11.5 Å². The number of rotatable bonds is 4. The fourth-order valence-electron chi connectivity index (χ4n) is 1.76. The maximum Gasteiger partial charge on any atom is 0.175 e. The van der Waals surface area contributed by atoms with E-state index in [9.17, 15) is 13.5 Å². The van der Waals surface area contributed by atoms with Crippen LogP contribution in [0.1, 0.15) is 18.6 Å². The topological polar surface area (TPSA) is 63.6 Å². The molecule has 0 unspecified atom stereocenters. The van der Waals surface area contributed by atoms with Gasteiger partial charge in [-0.05, 0) is 42.8 Å². The maximum absolute atomic E-state index is 11.5. The van der Waals surface area contributed by atoms with Crippen LogP contribution < -0.4 is 4.74 Å². The van der Waals surface area contributed by atoms with Crippen LogP contribution in [0.3, 0.4) is 0 Å². The summed E-state index contributed by atoms with van der Waals surface area (Å²) in [5.74, 6) is 0.774. The van der Waals surface area contributed by atoms with E-state index in [1.54, 1.807) is 37.3 Å². The van der Waals surface area contributed by atoms with E-state index >= 15 is 0 Å². The summed E-state index contributed by atoms with van der Waals surface area (Å²) < 4.78 is 28.6. The van der Waals surface area contributed by atoms with Crippen LogP contribution in [0.15, 0.2) is 47.4 Å². The number of hydrogen-bond acceptors (Lipinski definition) is 4. The second-order valence-corrected chi connectivity index (χ2v) is 7.14. The fraction of sp³-hybridized carbons (Fsp3) is 0.200. The fourth-order valence-corrected chi connectivity index (χ4v) is 2.64. The Morgan fingerprint density at radius 1 is 1.19 bits per heavy atom. The number of benzene rings is 2. The van der Waals surface area contributed by atoms with Gasteiger partial charge < -0.3 is 9.84 Å². The smallest absolute Gasteiger partial charge is 0.175 e. The summed E-state index contributed by atoms with van der Waals surface area (Å²) in [7, 11) is -3.29. The Morgan fingerprint density at radius 2 is 1.90 bits per heavy atom. The molecular weight excluding hydrogens is 312 g/mol. The van der Waals surface area contributed by atoms with Crippen molar-refractivity contribution in [1.29, 1.82) is 0 Å². The molecule has 1 N–H and O–H groups in total. The summed E-state index contributed by atoms with van der Waals surface area (Å²) in [6, 6.07) is 11.1. The third-order valence-electron chi connectivity index (χ3n) is 2.90. The zero-order valence-electron chi connectivity index (χ0n) is 11.6. The van der Waals surface area contributed by atoms with Crippen LogP contribution >= 0.6 is 11.6 Å². The summed E-state index contributed by atoms with van der Waals surface area (Å²) in [6.07, 6.45) is 0.515. The molecule has 0 amide bonds. The van der Waals surface area contributed by atoms with Crippen LogP contribution in [-0.4, -0.2) is 19.8 Å². The summed E-state index contributed by atoms with van der Waals surface area (Å²) in [5, 5.41) is 9.83. The van der Waals surface area contributed by atoms with E-state index in [1.165, 1.54) is 12.1 Å².